The number of thioether (sulfide) groups is 1. The largest absolute Gasteiger partial charge is 0.352 e. The lowest BCUT2D eigenvalue weighted by Gasteiger charge is -2.27. The molecule has 1 N–H and O–H groups in total. The smallest absolute Gasteiger partial charge is 0.350 e. The fraction of sp³-hybridized carbons (Fsp3) is 0.294. The Morgan fingerprint density at radius 2 is 2.04 bits per heavy atom. The standard InChI is InChI=1S/C17H17ClN6O2S/c18-12-3-1-2-4-13(12)20-14(25)11-24-17(26)23-6-5-19-15(16(23)21-24)22-7-9-27-10-8-22/h1-6H,7-11H2,(H,20,25). The number of aromatic nitrogens is 4. The Kier molecular flexibility index (Phi) is 5.04. The Labute approximate surface area is 164 Å². The number of nitrogens with one attached hydrogen (secondary N) is 1. The van der Waals surface area contributed by atoms with Crippen molar-refractivity contribution in [3.05, 3.63) is 52.2 Å². The minimum atomic E-state index is -0.380. The SMILES string of the molecule is O=C(Cn1nc2c(N3CCSCC3)nccn2c1=O)Nc1ccccc1Cl. The molecule has 3 aromatic rings. The van der Waals surface area contributed by atoms with E-state index in [9.17, 15) is 9.59 Å². The summed E-state index contributed by atoms with van der Waals surface area (Å²) in [5.74, 6) is 2.31. The number of halogens is 1. The van der Waals surface area contributed by atoms with E-state index in [2.05, 4.69) is 20.3 Å². The molecule has 3 heterocycles. The molecule has 140 valence electrons. The highest BCUT2D eigenvalue weighted by Gasteiger charge is 2.20. The molecule has 8 nitrogen and oxygen atoms in total. The van der Waals surface area contributed by atoms with E-state index in [1.165, 1.54) is 4.40 Å². The molecule has 10 heteroatoms. The van der Waals surface area contributed by atoms with Crippen LogP contribution in [0.25, 0.3) is 5.65 Å². The van der Waals surface area contributed by atoms with Crippen molar-refractivity contribution in [2.45, 2.75) is 6.54 Å². The van der Waals surface area contributed by atoms with Crippen LogP contribution in [0.4, 0.5) is 11.5 Å². The van der Waals surface area contributed by atoms with E-state index >= 15 is 0 Å². The highest BCUT2D eigenvalue weighted by atomic mass is 35.5. The van der Waals surface area contributed by atoms with Crippen LogP contribution >= 0.6 is 23.4 Å². The third-order valence-corrected chi connectivity index (χ3v) is 5.51. The number of benzene rings is 1. The van der Waals surface area contributed by atoms with Gasteiger partial charge in [-0.2, -0.15) is 11.8 Å². The van der Waals surface area contributed by atoms with E-state index in [0.29, 0.717) is 22.2 Å². The van der Waals surface area contributed by atoms with Gasteiger partial charge in [-0.3, -0.25) is 4.79 Å². The number of carbonyl (C=O) groups excluding carboxylic acids is 1. The minimum absolute atomic E-state index is 0.207. The molecule has 0 saturated carbocycles. The summed E-state index contributed by atoms with van der Waals surface area (Å²) in [5.41, 5.74) is 0.573. The van der Waals surface area contributed by atoms with Crippen LogP contribution < -0.4 is 15.9 Å². The van der Waals surface area contributed by atoms with E-state index in [0.717, 1.165) is 29.3 Å². The van der Waals surface area contributed by atoms with Gasteiger partial charge in [0, 0.05) is 37.0 Å². The Balaban J connectivity index is 1.61. The molecule has 0 atom stereocenters. The van der Waals surface area contributed by atoms with Gasteiger partial charge in [-0.25, -0.2) is 18.9 Å². The fourth-order valence-electron chi connectivity index (χ4n) is 2.92. The number of hydrogen-bond acceptors (Lipinski definition) is 6. The van der Waals surface area contributed by atoms with Crippen LogP contribution in [0.2, 0.25) is 5.02 Å². The van der Waals surface area contributed by atoms with Crippen LogP contribution in [0.3, 0.4) is 0 Å². The van der Waals surface area contributed by atoms with E-state index in [1.54, 1.807) is 36.7 Å². The van der Waals surface area contributed by atoms with Gasteiger partial charge in [0.2, 0.25) is 11.6 Å². The number of nitrogens with zero attached hydrogens (tertiary/aromatic N) is 5. The van der Waals surface area contributed by atoms with Crippen molar-refractivity contribution in [2.24, 2.45) is 0 Å². The van der Waals surface area contributed by atoms with Crippen LogP contribution in [0.15, 0.2) is 41.5 Å². The summed E-state index contributed by atoms with van der Waals surface area (Å²) < 4.78 is 2.57. The van der Waals surface area contributed by atoms with Crippen molar-refractivity contribution >= 4 is 46.4 Å². The Morgan fingerprint density at radius 1 is 1.26 bits per heavy atom. The first-order valence-corrected chi connectivity index (χ1v) is 9.98. The average Bonchev–Trinajstić information content (AvgIpc) is 3.00. The van der Waals surface area contributed by atoms with Crippen molar-refractivity contribution in [1.29, 1.82) is 0 Å². The molecule has 1 aliphatic rings. The number of amides is 1. The van der Waals surface area contributed by atoms with Gasteiger partial charge in [-0.15, -0.1) is 5.10 Å². The Bertz CT molecular complexity index is 1040. The van der Waals surface area contributed by atoms with Crippen molar-refractivity contribution in [1.82, 2.24) is 19.2 Å². The van der Waals surface area contributed by atoms with E-state index in [4.69, 9.17) is 11.6 Å². The Hall–Kier alpha value is -2.52. The maximum Gasteiger partial charge on any atom is 0.350 e. The molecule has 1 fully saturated rings. The van der Waals surface area contributed by atoms with Gasteiger partial charge in [0.25, 0.3) is 0 Å². The number of fused-ring (bicyclic) bond motifs is 1. The summed E-state index contributed by atoms with van der Waals surface area (Å²) in [6, 6.07) is 6.93. The van der Waals surface area contributed by atoms with E-state index < -0.39 is 0 Å². The lowest BCUT2D eigenvalue weighted by molar-refractivity contribution is -0.117. The quantitative estimate of drug-likeness (QED) is 0.713. The molecule has 4 rings (SSSR count). The van der Waals surface area contributed by atoms with Crippen LogP contribution in [0.5, 0.6) is 0 Å². The highest BCUT2D eigenvalue weighted by Crippen LogP contribution is 2.21. The molecule has 0 aliphatic carbocycles. The highest BCUT2D eigenvalue weighted by molar-refractivity contribution is 7.99. The first kappa shape index (κ1) is 17.9. The van der Waals surface area contributed by atoms with E-state index in [1.807, 2.05) is 11.8 Å². The lowest BCUT2D eigenvalue weighted by Crippen LogP contribution is -2.33. The normalized spacial score (nSPS) is 14.5. The van der Waals surface area contributed by atoms with Gasteiger partial charge >= 0.3 is 5.69 Å². The molecule has 0 spiro atoms. The summed E-state index contributed by atoms with van der Waals surface area (Å²) in [4.78, 5) is 31.5. The zero-order chi connectivity index (χ0) is 18.8. The third kappa shape index (κ3) is 3.65. The molecular weight excluding hydrogens is 388 g/mol. The average molecular weight is 405 g/mol. The second kappa shape index (κ2) is 7.61. The molecule has 1 aromatic carbocycles. The van der Waals surface area contributed by atoms with Crippen molar-refractivity contribution < 1.29 is 4.79 Å². The second-order valence-corrected chi connectivity index (χ2v) is 7.64. The molecule has 1 saturated heterocycles. The zero-order valence-corrected chi connectivity index (χ0v) is 15.9. The number of carbonyl (C=O) groups is 1. The first-order chi connectivity index (χ1) is 13.1. The summed E-state index contributed by atoms with van der Waals surface area (Å²) in [6.07, 6.45) is 3.15. The van der Waals surface area contributed by atoms with Gasteiger partial charge in [0.15, 0.2) is 5.82 Å². The van der Waals surface area contributed by atoms with Crippen molar-refractivity contribution in [3.8, 4) is 0 Å². The molecule has 0 radical (unpaired) electrons. The number of para-hydroxylation sites is 1. The maximum absolute atomic E-state index is 12.6. The number of anilines is 2. The predicted octanol–water partition coefficient (Wildman–Crippen LogP) is 1.74. The molecule has 1 amide bonds. The number of rotatable bonds is 4. The van der Waals surface area contributed by atoms with E-state index in [-0.39, 0.29) is 18.1 Å². The lowest BCUT2D eigenvalue weighted by atomic mass is 10.3. The monoisotopic (exact) mass is 404 g/mol. The predicted molar refractivity (Wildman–Crippen MR) is 107 cm³/mol. The second-order valence-electron chi connectivity index (χ2n) is 6.01. The van der Waals surface area contributed by atoms with Crippen LogP contribution in [-0.4, -0.2) is 49.7 Å². The zero-order valence-electron chi connectivity index (χ0n) is 14.3. The first-order valence-electron chi connectivity index (χ1n) is 8.45. The topological polar surface area (TPSA) is 84.5 Å². The summed E-state index contributed by atoms with van der Waals surface area (Å²) in [6.45, 7) is 1.50. The Morgan fingerprint density at radius 3 is 2.81 bits per heavy atom. The summed E-state index contributed by atoms with van der Waals surface area (Å²) in [5, 5.41) is 7.49. The molecular formula is C17H17ClN6O2S. The third-order valence-electron chi connectivity index (χ3n) is 4.24. The number of hydrogen-bond donors (Lipinski definition) is 1. The van der Waals surface area contributed by atoms with Crippen molar-refractivity contribution in [3.63, 3.8) is 0 Å². The van der Waals surface area contributed by atoms with Gasteiger partial charge in [-0.1, -0.05) is 23.7 Å². The van der Waals surface area contributed by atoms with Crippen LogP contribution in [-0.2, 0) is 11.3 Å². The van der Waals surface area contributed by atoms with Gasteiger partial charge in [0.05, 0.1) is 10.7 Å². The van der Waals surface area contributed by atoms with Gasteiger partial charge < -0.3 is 10.2 Å². The van der Waals surface area contributed by atoms with Gasteiger partial charge in [0.1, 0.15) is 6.54 Å². The minimum Gasteiger partial charge on any atom is -0.352 e. The van der Waals surface area contributed by atoms with Crippen LogP contribution in [0.1, 0.15) is 0 Å². The van der Waals surface area contributed by atoms with Crippen molar-refractivity contribution in [2.75, 3.05) is 34.8 Å². The molecule has 1 aliphatic heterocycles. The van der Waals surface area contributed by atoms with Crippen LogP contribution in [0, 0.1) is 0 Å². The molecule has 0 unspecified atom stereocenters. The molecule has 0 bridgehead atoms. The summed E-state index contributed by atoms with van der Waals surface area (Å²) >= 11 is 7.95. The maximum atomic E-state index is 12.6. The molecule has 27 heavy (non-hydrogen) atoms. The molecule has 2 aromatic heterocycles. The fourth-order valence-corrected chi connectivity index (χ4v) is 4.01. The van der Waals surface area contributed by atoms with Gasteiger partial charge in [-0.05, 0) is 12.1 Å². The summed E-state index contributed by atoms with van der Waals surface area (Å²) in [7, 11) is 0.